The van der Waals surface area contributed by atoms with Crippen LogP contribution < -0.4 is 0 Å². The van der Waals surface area contributed by atoms with Gasteiger partial charge in [-0.25, -0.2) is 0 Å². The Kier molecular flexibility index (Phi) is 4.10. The molecule has 0 N–H and O–H groups in total. The van der Waals surface area contributed by atoms with E-state index in [1.165, 1.54) is 15.3 Å². The quantitative estimate of drug-likeness (QED) is 0.728. The molecule has 0 aromatic carbocycles. The molecule has 1 aliphatic heterocycles. The van der Waals surface area contributed by atoms with Gasteiger partial charge in [0, 0.05) is 41.1 Å². The summed E-state index contributed by atoms with van der Waals surface area (Å²) in [7, 11) is 0. The minimum atomic E-state index is 0.615. The van der Waals surface area contributed by atoms with Gasteiger partial charge in [-0.3, -0.25) is 9.88 Å². The topological polar surface area (TPSA) is 49.2 Å². The number of hydrogen-bond donors (Lipinski definition) is 0. The van der Waals surface area contributed by atoms with E-state index in [1.54, 1.807) is 17.5 Å². The van der Waals surface area contributed by atoms with E-state index >= 15 is 0 Å². The Morgan fingerprint density at radius 3 is 2.96 bits per heavy atom. The van der Waals surface area contributed by atoms with Crippen LogP contribution >= 0.6 is 22.7 Å². The molecule has 1 fully saturated rings. The summed E-state index contributed by atoms with van der Waals surface area (Å²) >= 11 is 3.51. The van der Waals surface area contributed by atoms with Crippen molar-refractivity contribution in [2.45, 2.75) is 6.54 Å². The lowest BCUT2D eigenvalue weighted by Gasteiger charge is -2.25. The smallest absolute Gasteiger partial charge is 0.101 e. The summed E-state index contributed by atoms with van der Waals surface area (Å²) < 4.78 is 6.47. The van der Waals surface area contributed by atoms with Gasteiger partial charge in [-0.2, -0.15) is 5.26 Å². The van der Waals surface area contributed by atoms with Crippen molar-refractivity contribution in [2.75, 3.05) is 26.3 Å². The fourth-order valence-corrected chi connectivity index (χ4v) is 4.74. The molecule has 4 heterocycles. The van der Waals surface area contributed by atoms with Crippen LogP contribution in [0.4, 0.5) is 0 Å². The second-order valence-corrected chi connectivity index (χ2v) is 7.60. The summed E-state index contributed by atoms with van der Waals surface area (Å²) in [4.78, 5) is 9.40. The molecular weight excluding hydrogens is 326 g/mol. The fraction of sp³-hybridized carbons (Fsp3) is 0.294. The number of rotatable bonds is 3. The second kappa shape index (κ2) is 6.38. The van der Waals surface area contributed by atoms with Crippen molar-refractivity contribution in [1.29, 1.82) is 5.26 Å². The number of thiophene rings is 2. The highest BCUT2D eigenvalue weighted by Gasteiger charge is 2.13. The molecule has 0 unspecified atom stereocenters. The summed E-state index contributed by atoms with van der Waals surface area (Å²) in [5.74, 6) is 0. The average Bonchev–Trinajstić information content (AvgIpc) is 3.21. The Balaban J connectivity index is 1.57. The van der Waals surface area contributed by atoms with Crippen LogP contribution in [0.2, 0.25) is 0 Å². The van der Waals surface area contributed by atoms with Gasteiger partial charge in [0.1, 0.15) is 6.07 Å². The van der Waals surface area contributed by atoms with Gasteiger partial charge in [-0.05, 0) is 23.6 Å². The molecule has 1 saturated heterocycles. The summed E-state index contributed by atoms with van der Waals surface area (Å²) in [6.07, 6.45) is 1.64. The summed E-state index contributed by atoms with van der Waals surface area (Å²) in [5, 5.41) is 11.2. The van der Waals surface area contributed by atoms with E-state index in [2.05, 4.69) is 33.5 Å². The van der Waals surface area contributed by atoms with Crippen molar-refractivity contribution in [1.82, 2.24) is 9.88 Å². The Bertz CT molecular complexity index is 871. The number of pyridine rings is 1. The highest BCUT2D eigenvalue weighted by atomic mass is 32.1. The number of ether oxygens (including phenoxy) is 1. The van der Waals surface area contributed by atoms with E-state index in [-0.39, 0.29) is 0 Å². The lowest BCUT2D eigenvalue weighted by atomic mass is 10.2. The molecule has 0 amide bonds. The molecule has 4 nitrogen and oxygen atoms in total. The maximum absolute atomic E-state index is 8.98. The average molecular weight is 341 g/mol. The van der Waals surface area contributed by atoms with E-state index in [0.29, 0.717) is 5.56 Å². The van der Waals surface area contributed by atoms with E-state index in [0.717, 1.165) is 43.1 Å². The maximum atomic E-state index is 8.98. The summed E-state index contributed by atoms with van der Waals surface area (Å²) in [5.41, 5.74) is 2.83. The molecule has 4 rings (SSSR count). The standard InChI is InChI=1S/C17H15N3OS2/c18-8-12-5-17-15(19-9-12)7-16(23-17)13-6-14(22-11-13)10-20-1-3-21-4-2-20/h5-7,9,11H,1-4,10H2. The summed E-state index contributed by atoms with van der Waals surface area (Å²) in [6.45, 7) is 4.69. The van der Waals surface area contributed by atoms with Crippen LogP contribution in [0.15, 0.2) is 29.8 Å². The number of hydrogen-bond acceptors (Lipinski definition) is 6. The zero-order chi connectivity index (χ0) is 15.6. The third-order valence-corrected chi connectivity index (χ3v) is 5.96. The van der Waals surface area contributed by atoms with Gasteiger partial charge in [0.15, 0.2) is 0 Å². The van der Waals surface area contributed by atoms with Crippen LogP contribution in [0.25, 0.3) is 20.7 Å². The van der Waals surface area contributed by atoms with Crippen molar-refractivity contribution in [2.24, 2.45) is 0 Å². The van der Waals surface area contributed by atoms with E-state index in [9.17, 15) is 0 Å². The van der Waals surface area contributed by atoms with Crippen LogP contribution in [-0.2, 0) is 11.3 Å². The van der Waals surface area contributed by atoms with Crippen molar-refractivity contribution >= 4 is 32.9 Å². The van der Waals surface area contributed by atoms with Crippen LogP contribution in [-0.4, -0.2) is 36.2 Å². The molecule has 116 valence electrons. The van der Waals surface area contributed by atoms with Crippen molar-refractivity contribution in [3.63, 3.8) is 0 Å². The van der Waals surface area contributed by atoms with E-state index in [4.69, 9.17) is 10.00 Å². The molecule has 0 aliphatic carbocycles. The minimum Gasteiger partial charge on any atom is -0.379 e. The molecule has 3 aromatic rings. The Morgan fingerprint density at radius 2 is 2.13 bits per heavy atom. The third kappa shape index (κ3) is 3.14. The number of fused-ring (bicyclic) bond motifs is 1. The lowest BCUT2D eigenvalue weighted by Crippen LogP contribution is -2.35. The fourth-order valence-electron chi connectivity index (χ4n) is 2.69. The van der Waals surface area contributed by atoms with Crippen LogP contribution in [0.3, 0.4) is 0 Å². The zero-order valence-corrected chi connectivity index (χ0v) is 14.1. The monoisotopic (exact) mass is 341 g/mol. The molecule has 6 heteroatoms. The van der Waals surface area contributed by atoms with Crippen molar-refractivity contribution in [3.8, 4) is 16.5 Å². The van der Waals surface area contributed by atoms with E-state index in [1.807, 2.05) is 17.4 Å². The first kappa shape index (κ1) is 14.8. The SMILES string of the molecule is N#Cc1cnc2cc(-c3csc(CN4CCOCC4)c3)sc2c1. The Labute approximate surface area is 142 Å². The van der Waals surface area contributed by atoms with Crippen molar-refractivity contribution < 1.29 is 4.74 Å². The first-order valence-corrected chi connectivity index (χ1v) is 9.19. The number of nitriles is 1. The van der Waals surface area contributed by atoms with Gasteiger partial charge >= 0.3 is 0 Å². The molecule has 0 bridgehead atoms. The van der Waals surface area contributed by atoms with Crippen molar-refractivity contribution in [3.05, 3.63) is 40.2 Å². The molecule has 1 aliphatic rings. The number of nitrogens with zero attached hydrogens (tertiary/aromatic N) is 3. The predicted octanol–water partition coefficient (Wildman–Crippen LogP) is 3.73. The highest BCUT2D eigenvalue weighted by molar-refractivity contribution is 7.22. The van der Waals surface area contributed by atoms with Gasteiger partial charge in [-0.15, -0.1) is 22.7 Å². The second-order valence-electron chi connectivity index (χ2n) is 5.52. The molecular formula is C17H15N3OS2. The predicted molar refractivity (Wildman–Crippen MR) is 93.7 cm³/mol. The molecule has 0 saturated carbocycles. The minimum absolute atomic E-state index is 0.615. The molecule has 0 atom stereocenters. The maximum Gasteiger partial charge on any atom is 0.101 e. The van der Waals surface area contributed by atoms with Gasteiger partial charge < -0.3 is 4.74 Å². The van der Waals surface area contributed by atoms with Gasteiger partial charge in [0.25, 0.3) is 0 Å². The van der Waals surface area contributed by atoms with Gasteiger partial charge in [-0.1, -0.05) is 0 Å². The first-order chi connectivity index (χ1) is 11.3. The molecule has 23 heavy (non-hydrogen) atoms. The number of aromatic nitrogens is 1. The van der Waals surface area contributed by atoms with Crippen LogP contribution in [0, 0.1) is 11.3 Å². The molecule has 3 aromatic heterocycles. The highest BCUT2D eigenvalue weighted by Crippen LogP contribution is 2.35. The van der Waals surface area contributed by atoms with Gasteiger partial charge in [0.2, 0.25) is 0 Å². The lowest BCUT2D eigenvalue weighted by molar-refractivity contribution is 0.0346. The largest absolute Gasteiger partial charge is 0.379 e. The van der Waals surface area contributed by atoms with Gasteiger partial charge in [0.05, 0.1) is 29.0 Å². The number of morpholine rings is 1. The normalized spacial score (nSPS) is 15.8. The molecule has 0 radical (unpaired) electrons. The Morgan fingerprint density at radius 1 is 1.26 bits per heavy atom. The first-order valence-electron chi connectivity index (χ1n) is 7.49. The zero-order valence-electron chi connectivity index (χ0n) is 12.5. The molecule has 0 spiro atoms. The van der Waals surface area contributed by atoms with E-state index < -0.39 is 0 Å². The summed E-state index contributed by atoms with van der Waals surface area (Å²) in [6, 6.07) is 8.45. The van der Waals surface area contributed by atoms with Crippen LogP contribution in [0.1, 0.15) is 10.4 Å². The third-order valence-electron chi connectivity index (χ3n) is 3.92. The Hall–Kier alpha value is -1.78. The van der Waals surface area contributed by atoms with Crippen LogP contribution in [0.5, 0.6) is 0 Å².